The first-order valence-electron chi connectivity index (χ1n) is 8.21. The Bertz CT molecular complexity index is 588. The maximum Gasteiger partial charge on any atom is 0.293 e. The van der Waals surface area contributed by atoms with Crippen LogP contribution < -0.4 is 4.74 Å². The van der Waals surface area contributed by atoms with Crippen LogP contribution in [0, 0.1) is 10.8 Å². The van der Waals surface area contributed by atoms with Crippen molar-refractivity contribution in [2.75, 3.05) is 12.4 Å². The molecular weight excluding hydrogens is 328 g/mol. The van der Waals surface area contributed by atoms with Gasteiger partial charge < -0.3 is 4.74 Å². The van der Waals surface area contributed by atoms with E-state index < -0.39 is 10.1 Å². The van der Waals surface area contributed by atoms with Gasteiger partial charge in [0, 0.05) is 5.41 Å². The van der Waals surface area contributed by atoms with Crippen molar-refractivity contribution >= 4 is 10.1 Å². The van der Waals surface area contributed by atoms with Crippen LogP contribution in [-0.4, -0.2) is 26.9 Å². The fraction of sp³-hybridized carbons (Fsp3) is 0.667. The Morgan fingerprint density at radius 2 is 1.62 bits per heavy atom. The summed E-state index contributed by atoms with van der Waals surface area (Å²) in [6.07, 6.45) is 0.521. The van der Waals surface area contributed by atoms with E-state index in [9.17, 15) is 8.42 Å². The number of ether oxygens (including phenoxy) is 1. The Kier molecular flexibility index (Phi) is 7.25. The van der Waals surface area contributed by atoms with Gasteiger partial charge >= 0.3 is 0 Å². The lowest BCUT2D eigenvalue weighted by Gasteiger charge is -2.38. The second-order valence-corrected chi connectivity index (χ2v) is 9.67. The summed E-state index contributed by atoms with van der Waals surface area (Å²) >= 11 is 0. The molecule has 1 atom stereocenters. The molecule has 1 rings (SSSR count). The van der Waals surface area contributed by atoms with Gasteiger partial charge in [0.15, 0.2) is 0 Å². The van der Waals surface area contributed by atoms with Gasteiger partial charge in [0.25, 0.3) is 10.1 Å². The van der Waals surface area contributed by atoms with Gasteiger partial charge in [0.05, 0.1) is 5.75 Å². The summed E-state index contributed by atoms with van der Waals surface area (Å²) in [5.74, 6) is 0.578. The lowest BCUT2D eigenvalue weighted by Crippen LogP contribution is -2.41. The van der Waals surface area contributed by atoms with E-state index in [1.165, 1.54) is 6.92 Å². The summed E-state index contributed by atoms with van der Waals surface area (Å²) in [5, 5.41) is 0. The molecule has 0 aliphatic heterocycles. The van der Waals surface area contributed by atoms with E-state index in [0.29, 0.717) is 5.75 Å². The summed E-state index contributed by atoms with van der Waals surface area (Å²) in [5.41, 5.74) is -0.147. The van der Waals surface area contributed by atoms with E-state index >= 15 is 0 Å². The largest absolute Gasteiger partial charge is 0.487 e. The van der Waals surface area contributed by atoms with Crippen LogP contribution in [0.1, 0.15) is 48.0 Å². The lowest BCUT2D eigenvalue weighted by molar-refractivity contribution is -0.226. The van der Waals surface area contributed by atoms with E-state index in [1.807, 2.05) is 30.3 Å². The van der Waals surface area contributed by atoms with Crippen LogP contribution in [0.4, 0.5) is 0 Å². The van der Waals surface area contributed by atoms with E-state index in [2.05, 4.69) is 39.0 Å². The van der Waals surface area contributed by atoms with Gasteiger partial charge in [-0.15, -0.1) is 4.33 Å². The molecule has 0 fully saturated rings. The van der Waals surface area contributed by atoms with Crippen LogP contribution in [0.3, 0.4) is 0 Å². The minimum absolute atomic E-state index is 0.0250. The van der Waals surface area contributed by atoms with Crippen LogP contribution in [0.5, 0.6) is 5.75 Å². The molecule has 0 bridgehead atoms. The van der Waals surface area contributed by atoms with Gasteiger partial charge in [0.2, 0.25) is 0 Å². The lowest BCUT2D eigenvalue weighted by atomic mass is 9.73. The van der Waals surface area contributed by atoms with Crippen LogP contribution >= 0.6 is 0 Å². The fourth-order valence-corrected chi connectivity index (χ4v) is 3.07. The number of para-hydroxylation sites is 1. The summed E-state index contributed by atoms with van der Waals surface area (Å²) < 4.78 is 33.5. The second-order valence-electron chi connectivity index (χ2n) is 7.84. The first-order valence-corrected chi connectivity index (χ1v) is 9.78. The molecule has 5 nitrogen and oxygen atoms in total. The molecule has 0 N–H and O–H groups in total. The zero-order chi connectivity index (χ0) is 18.4. The maximum atomic E-state index is 11.4. The molecule has 6 heteroatoms. The highest BCUT2D eigenvalue weighted by Crippen LogP contribution is 2.37. The zero-order valence-corrected chi connectivity index (χ0v) is 16.4. The van der Waals surface area contributed by atoms with Gasteiger partial charge in [-0.1, -0.05) is 52.8 Å². The van der Waals surface area contributed by atoms with Crippen molar-refractivity contribution in [2.45, 2.75) is 54.1 Å². The molecule has 0 aromatic heterocycles. The predicted octanol–water partition coefficient (Wildman–Crippen LogP) is 4.19. The topological polar surface area (TPSA) is 61.8 Å². The average Bonchev–Trinajstić information content (AvgIpc) is 2.44. The third-order valence-electron chi connectivity index (χ3n) is 3.60. The Labute approximate surface area is 146 Å². The molecule has 0 heterocycles. The van der Waals surface area contributed by atoms with E-state index in [1.54, 1.807) is 0 Å². The van der Waals surface area contributed by atoms with Crippen LogP contribution in [-0.2, 0) is 19.3 Å². The highest BCUT2D eigenvalue weighted by Gasteiger charge is 2.36. The van der Waals surface area contributed by atoms with Gasteiger partial charge in [-0.25, -0.2) is 4.89 Å². The molecule has 0 aliphatic carbocycles. The Balaban J connectivity index is 2.86. The summed E-state index contributed by atoms with van der Waals surface area (Å²) in [7, 11) is -3.65. The first-order chi connectivity index (χ1) is 11.0. The van der Waals surface area contributed by atoms with Gasteiger partial charge in [-0.05, 0) is 30.9 Å². The van der Waals surface area contributed by atoms with Crippen LogP contribution in [0.25, 0.3) is 0 Å². The fourth-order valence-electron chi connectivity index (χ4n) is 2.77. The minimum Gasteiger partial charge on any atom is -0.487 e. The quantitative estimate of drug-likeness (QED) is 0.489. The van der Waals surface area contributed by atoms with Gasteiger partial charge in [0.1, 0.15) is 18.5 Å². The Morgan fingerprint density at radius 1 is 1.04 bits per heavy atom. The first kappa shape index (κ1) is 20.9. The predicted molar refractivity (Wildman–Crippen MR) is 95.2 cm³/mol. The molecule has 0 aliphatic rings. The second kappa shape index (κ2) is 8.32. The van der Waals surface area contributed by atoms with Gasteiger partial charge in [-0.3, -0.25) is 0 Å². The molecule has 0 spiro atoms. The molecule has 24 heavy (non-hydrogen) atoms. The van der Waals surface area contributed by atoms with Gasteiger partial charge in [-0.2, -0.15) is 8.42 Å². The molecule has 1 unspecified atom stereocenters. The van der Waals surface area contributed by atoms with Crippen molar-refractivity contribution in [3.63, 3.8) is 0 Å². The molecule has 1 aromatic rings. The smallest absolute Gasteiger partial charge is 0.293 e. The van der Waals surface area contributed by atoms with E-state index in [0.717, 1.165) is 6.42 Å². The zero-order valence-electron chi connectivity index (χ0n) is 15.5. The summed E-state index contributed by atoms with van der Waals surface area (Å²) in [6, 6.07) is 9.42. The molecule has 1 aromatic carbocycles. The summed E-state index contributed by atoms with van der Waals surface area (Å²) in [6.45, 7) is 12.2. The molecule has 0 amide bonds. The number of hydrogen-bond acceptors (Lipinski definition) is 5. The average molecular weight is 359 g/mol. The minimum atomic E-state index is -3.65. The van der Waals surface area contributed by atoms with Crippen molar-refractivity contribution in [2.24, 2.45) is 10.8 Å². The Morgan fingerprint density at radius 3 is 2.12 bits per heavy atom. The highest BCUT2D eigenvalue weighted by molar-refractivity contribution is 7.86. The monoisotopic (exact) mass is 358 g/mol. The summed E-state index contributed by atoms with van der Waals surface area (Å²) in [4.78, 5) is 5.01. The van der Waals surface area contributed by atoms with Crippen LogP contribution in [0.2, 0.25) is 0 Å². The van der Waals surface area contributed by atoms with E-state index in [4.69, 9.17) is 9.62 Å². The highest BCUT2D eigenvalue weighted by atomic mass is 32.2. The van der Waals surface area contributed by atoms with Crippen molar-refractivity contribution in [1.82, 2.24) is 0 Å². The molecule has 0 saturated heterocycles. The normalized spacial score (nSPS) is 14.4. The van der Waals surface area contributed by atoms with Crippen LogP contribution in [0.15, 0.2) is 30.3 Å². The maximum absolute atomic E-state index is 11.4. The number of rotatable bonds is 9. The number of benzene rings is 1. The molecule has 0 radical (unpaired) electrons. The third-order valence-corrected chi connectivity index (χ3v) is 4.61. The van der Waals surface area contributed by atoms with Crippen molar-refractivity contribution < 1.29 is 22.4 Å². The third kappa shape index (κ3) is 7.64. The molecular formula is C18H30O5S. The molecule has 0 saturated carbocycles. The van der Waals surface area contributed by atoms with E-state index in [-0.39, 0.29) is 29.3 Å². The SMILES string of the molecule is CCS(=O)(=O)OOCC(Oc1ccccc1)C(C)(C)CC(C)(C)C. The standard InChI is InChI=1S/C18H30O5S/c1-7-24(19,20)23-21-13-16(18(5,6)14-17(2,3)4)22-15-11-9-8-10-12-15/h8-12,16H,7,13-14H2,1-6H3. The number of hydrogen-bond donors (Lipinski definition) is 0. The van der Waals surface area contributed by atoms with Crippen molar-refractivity contribution in [3.8, 4) is 5.75 Å². The van der Waals surface area contributed by atoms with Crippen molar-refractivity contribution in [3.05, 3.63) is 30.3 Å². The van der Waals surface area contributed by atoms with Crippen molar-refractivity contribution in [1.29, 1.82) is 0 Å². The Hall–Kier alpha value is -1.11. The molecule has 138 valence electrons.